The first-order chi connectivity index (χ1) is 8.08. The molecule has 3 unspecified atom stereocenters. The van der Waals surface area contributed by atoms with Crippen molar-refractivity contribution in [3.63, 3.8) is 0 Å². The van der Waals surface area contributed by atoms with Gasteiger partial charge in [0.2, 0.25) is 5.91 Å². The quantitative estimate of drug-likeness (QED) is 0.774. The third-order valence-corrected chi connectivity index (χ3v) is 3.98. The van der Waals surface area contributed by atoms with Crippen LogP contribution in [0, 0.1) is 11.8 Å². The Morgan fingerprint density at radius 2 is 2.12 bits per heavy atom. The third-order valence-electron chi connectivity index (χ3n) is 3.98. The summed E-state index contributed by atoms with van der Waals surface area (Å²) in [6.07, 6.45) is 4.40. The summed E-state index contributed by atoms with van der Waals surface area (Å²) >= 11 is 0. The van der Waals surface area contributed by atoms with Crippen LogP contribution in [0.5, 0.6) is 0 Å². The van der Waals surface area contributed by atoms with Crippen molar-refractivity contribution in [2.75, 3.05) is 6.54 Å². The Morgan fingerprint density at radius 1 is 1.41 bits per heavy atom. The second-order valence-electron chi connectivity index (χ2n) is 5.57. The van der Waals surface area contributed by atoms with Gasteiger partial charge in [0.1, 0.15) is 0 Å². The molecule has 0 radical (unpaired) electrons. The fraction of sp³-hybridized carbons (Fsp3) is 0.929. The highest BCUT2D eigenvalue weighted by atomic mass is 16.2. The molecular weight excluding hydrogens is 212 g/mol. The van der Waals surface area contributed by atoms with Crippen molar-refractivity contribution in [2.45, 2.75) is 65.5 Å². The van der Waals surface area contributed by atoms with E-state index in [1.54, 1.807) is 0 Å². The summed E-state index contributed by atoms with van der Waals surface area (Å²) in [7, 11) is 0. The molecule has 3 heteroatoms. The van der Waals surface area contributed by atoms with Crippen LogP contribution in [-0.4, -0.2) is 24.5 Å². The van der Waals surface area contributed by atoms with E-state index >= 15 is 0 Å². The van der Waals surface area contributed by atoms with E-state index in [1.807, 2.05) is 0 Å². The monoisotopic (exact) mass is 240 g/mol. The summed E-state index contributed by atoms with van der Waals surface area (Å²) in [4.78, 5) is 12.2. The van der Waals surface area contributed by atoms with Gasteiger partial charge in [0.15, 0.2) is 0 Å². The van der Waals surface area contributed by atoms with Crippen LogP contribution in [0.1, 0.15) is 53.4 Å². The zero-order valence-corrected chi connectivity index (χ0v) is 11.8. The lowest BCUT2D eigenvalue weighted by atomic mass is 9.89. The van der Waals surface area contributed by atoms with Gasteiger partial charge >= 0.3 is 0 Å². The first kappa shape index (κ1) is 14.5. The number of amides is 1. The second kappa shape index (κ2) is 7.00. The van der Waals surface area contributed by atoms with Crippen LogP contribution in [0.4, 0.5) is 0 Å². The second-order valence-corrected chi connectivity index (χ2v) is 5.57. The topological polar surface area (TPSA) is 41.1 Å². The number of carbonyl (C=O) groups is 1. The molecule has 1 heterocycles. The Balaban J connectivity index is 2.46. The molecule has 2 N–H and O–H groups in total. The predicted molar refractivity (Wildman–Crippen MR) is 71.9 cm³/mol. The summed E-state index contributed by atoms with van der Waals surface area (Å²) in [5, 5.41) is 6.52. The van der Waals surface area contributed by atoms with Crippen LogP contribution in [-0.2, 0) is 4.79 Å². The Kier molecular flexibility index (Phi) is 5.96. The molecule has 1 aliphatic rings. The summed E-state index contributed by atoms with van der Waals surface area (Å²) in [6.45, 7) is 9.66. The fourth-order valence-electron chi connectivity index (χ4n) is 2.59. The molecule has 1 rings (SSSR count). The lowest BCUT2D eigenvalue weighted by molar-refractivity contribution is -0.125. The minimum absolute atomic E-state index is 0.0292. The number of carbonyl (C=O) groups excluding carboxylic acids is 1. The van der Waals surface area contributed by atoms with E-state index in [-0.39, 0.29) is 11.9 Å². The van der Waals surface area contributed by atoms with Gasteiger partial charge in [-0.15, -0.1) is 0 Å². The third kappa shape index (κ3) is 4.30. The van der Waals surface area contributed by atoms with Crippen molar-refractivity contribution in [1.82, 2.24) is 10.6 Å². The number of hydrogen-bond donors (Lipinski definition) is 2. The van der Waals surface area contributed by atoms with Crippen molar-refractivity contribution in [1.29, 1.82) is 0 Å². The summed E-state index contributed by atoms with van der Waals surface area (Å²) in [5.41, 5.74) is 0. The standard InChI is InChI=1S/C14H28N2O/c1-5-11-7-8-15-13(9-11)14(17)16-12(6-2)10(3)4/h10-13,15H,5-9H2,1-4H3,(H,16,17). The van der Waals surface area contributed by atoms with Crippen molar-refractivity contribution in [2.24, 2.45) is 11.8 Å². The van der Waals surface area contributed by atoms with Gasteiger partial charge in [-0.2, -0.15) is 0 Å². The minimum atomic E-state index is 0.0292. The lowest BCUT2D eigenvalue weighted by Gasteiger charge is -2.31. The van der Waals surface area contributed by atoms with Gasteiger partial charge in [0.05, 0.1) is 6.04 Å². The van der Waals surface area contributed by atoms with E-state index in [4.69, 9.17) is 0 Å². The first-order valence-corrected chi connectivity index (χ1v) is 7.12. The molecule has 1 amide bonds. The fourth-order valence-corrected chi connectivity index (χ4v) is 2.59. The normalized spacial score (nSPS) is 26.9. The first-order valence-electron chi connectivity index (χ1n) is 7.12. The van der Waals surface area contributed by atoms with Gasteiger partial charge in [-0.1, -0.05) is 34.1 Å². The van der Waals surface area contributed by atoms with Crippen LogP contribution < -0.4 is 10.6 Å². The average Bonchev–Trinajstić information content (AvgIpc) is 2.35. The number of rotatable bonds is 5. The number of nitrogens with one attached hydrogen (secondary N) is 2. The number of piperidine rings is 1. The average molecular weight is 240 g/mol. The molecular formula is C14H28N2O. The Labute approximate surface area is 106 Å². The van der Waals surface area contributed by atoms with Gasteiger partial charge in [-0.25, -0.2) is 0 Å². The zero-order valence-electron chi connectivity index (χ0n) is 11.8. The summed E-state index contributed by atoms with van der Waals surface area (Å²) in [5.74, 6) is 1.42. The lowest BCUT2D eigenvalue weighted by Crippen LogP contribution is -2.52. The van der Waals surface area contributed by atoms with E-state index < -0.39 is 0 Å². The van der Waals surface area contributed by atoms with E-state index in [0.717, 1.165) is 19.4 Å². The Morgan fingerprint density at radius 3 is 2.65 bits per heavy atom. The molecule has 0 aromatic heterocycles. The zero-order chi connectivity index (χ0) is 12.8. The van der Waals surface area contributed by atoms with Crippen LogP contribution in [0.25, 0.3) is 0 Å². The molecule has 1 aliphatic heterocycles. The van der Waals surface area contributed by atoms with Gasteiger partial charge in [-0.05, 0) is 37.6 Å². The molecule has 100 valence electrons. The van der Waals surface area contributed by atoms with Crippen molar-refractivity contribution >= 4 is 5.91 Å². The molecule has 0 bridgehead atoms. The molecule has 3 atom stereocenters. The van der Waals surface area contributed by atoms with Gasteiger partial charge < -0.3 is 10.6 Å². The molecule has 0 saturated carbocycles. The van der Waals surface area contributed by atoms with Crippen LogP contribution in [0.15, 0.2) is 0 Å². The Bertz CT molecular complexity index is 240. The highest BCUT2D eigenvalue weighted by Gasteiger charge is 2.27. The number of hydrogen-bond acceptors (Lipinski definition) is 2. The van der Waals surface area contributed by atoms with E-state index in [9.17, 15) is 4.79 Å². The van der Waals surface area contributed by atoms with Crippen molar-refractivity contribution < 1.29 is 4.79 Å². The molecule has 0 spiro atoms. The van der Waals surface area contributed by atoms with Crippen molar-refractivity contribution in [3.05, 3.63) is 0 Å². The summed E-state index contributed by atoms with van der Waals surface area (Å²) in [6, 6.07) is 0.341. The molecule has 17 heavy (non-hydrogen) atoms. The van der Waals surface area contributed by atoms with E-state index in [2.05, 4.69) is 38.3 Å². The highest BCUT2D eigenvalue weighted by Crippen LogP contribution is 2.19. The largest absolute Gasteiger partial charge is 0.352 e. The molecule has 0 aliphatic carbocycles. The van der Waals surface area contributed by atoms with Crippen LogP contribution >= 0.6 is 0 Å². The molecule has 1 saturated heterocycles. The van der Waals surface area contributed by atoms with E-state index in [1.165, 1.54) is 12.8 Å². The maximum Gasteiger partial charge on any atom is 0.237 e. The maximum atomic E-state index is 12.2. The summed E-state index contributed by atoms with van der Waals surface area (Å²) < 4.78 is 0. The SMILES string of the molecule is CCC1CCNC(C(=O)NC(CC)C(C)C)C1. The molecule has 1 fully saturated rings. The smallest absolute Gasteiger partial charge is 0.237 e. The molecule has 0 aromatic rings. The van der Waals surface area contributed by atoms with Crippen LogP contribution in [0.2, 0.25) is 0 Å². The minimum Gasteiger partial charge on any atom is -0.352 e. The molecule has 3 nitrogen and oxygen atoms in total. The van der Waals surface area contributed by atoms with Gasteiger partial charge in [-0.3, -0.25) is 4.79 Å². The maximum absolute atomic E-state index is 12.2. The Hall–Kier alpha value is -0.570. The van der Waals surface area contributed by atoms with Crippen LogP contribution in [0.3, 0.4) is 0 Å². The highest BCUT2D eigenvalue weighted by molar-refractivity contribution is 5.82. The predicted octanol–water partition coefficient (Wildman–Crippen LogP) is 2.32. The van der Waals surface area contributed by atoms with E-state index in [0.29, 0.717) is 17.9 Å². The van der Waals surface area contributed by atoms with Gasteiger partial charge in [0, 0.05) is 6.04 Å². The molecule has 0 aromatic carbocycles. The van der Waals surface area contributed by atoms with Crippen molar-refractivity contribution in [3.8, 4) is 0 Å². The van der Waals surface area contributed by atoms with Gasteiger partial charge in [0.25, 0.3) is 0 Å².